The maximum atomic E-state index is 4.46. The first-order valence-corrected chi connectivity index (χ1v) is 6.30. The molecule has 0 radical (unpaired) electrons. The SMILES string of the molecule is CC(C)CCNCc1cnc2ccccc2c1. The molecule has 1 heterocycles. The Bertz CT molecular complexity index is 477. The zero-order chi connectivity index (χ0) is 12.1. The van der Waals surface area contributed by atoms with Crippen molar-refractivity contribution in [2.75, 3.05) is 6.54 Å². The minimum absolute atomic E-state index is 0.761. The lowest BCUT2D eigenvalue weighted by atomic mass is 10.1. The summed E-state index contributed by atoms with van der Waals surface area (Å²) >= 11 is 0. The van der Waals surface area contributed by atoms with Crippen molar-refractivity contribution in [2.45, 2.75) is 26.8 Å². The van der Waals surface area contributed by atoms with E-state index in [0.29, 0.717) is 0 Å². The van der Waals surface area contributed by atoms with Gasteiger partial charge in [0.2, 0.25) is 0 Å². The Morgan fingerprint density at radius 3 is 2.88 bits per heavy atom. The summed E-state index contributed by atoms with van der Waals surface area (Å²) in [5.41, 5.74) is 2.32. The number of rotatable bonds is 5. The summed E-state index contributed by atoms with van der Waals surface area (Å²) in [7, 11) is 0. The van der Waals surface area contributed by atoms with Crippen molar-refractivity contribution in [1.29, 1.82) is 0 Å². The van der Waals surface area contributed by atoms with E-state index in [1.54, 1.807) is 0 Å². The van der Waals surface area contributed by atoms with Crippen LogP contribution in [0.2, 0.25) is 0 Å². The van der Waals surface area contributed by atoms with Gasteiger partial charge in [0.25, 0.3) is 0 Å². The molecule has 0 fully saturated rings. The molecule has 2 heteroatoms. The highest BCUT2D eigenvalue weighted by Crippen LogP contribution is 2.12. The van der Waals surface area contributed by atoms with Crippen LogP contribution in [0, 0.1) is 5.92 Å². The van der Waals surface area contributed by atoms with Crippen LogP contribution in [0.15, 0.2) is 36.5 Å². The van der Waals surface area contributed by atoms with Crippen LogP contribution in [0.25, 0.3) is 10.9 Å². The smallest absolute Gasteiger partial charge is 0.0702 e. The average Bonchev–Trinajstić information content (AvgIpc) is 2.34. The second-order valence-electron chi connectivity index (χ2n) is 4.90. The van der Waals surface area contributed by atoms with Gasteiger partial charge in [-0.15, -0.1) is 0 Å². The number of hydrogen-bond donors (Lipinski definition) is 1. The second kappa shape index (κ2) is 5.78. The van der Waals surface area contributed by atoms with Gasteiger partial charge in [0, 0.05) is 18.1 Å². The van der Waals surface area contributed by atoms with Crippen molar-refractivity contribution in [1.82, 2.24) is 10.3 Å². The van der Waals surface area contributed by atoms with Crippen LogP contribution in [0.5, 0.6) is 0 Å². The number of pyridine rings is 1. The molecule has 0 spiro atoms. The van der Waals surface area contributed by atoms with Crippen molar-refractivity contribution in [3.63, 3.8) is 0 Å². The van der Waals surface area contributed by atoms with E-state index in [2.05, 4.69) is 42.3 Å². The Labute approximate surface area is 103 Å². The number of aromatic nitrogens is 1. The average molecular weight is 228 g/mol. The molecular formula is C15H20N2. The summed E-state index contributed by atoms with van der Waals surface area (Å²) in [6.07, 6.45) is 3.19. The Hall–Kier alpha value is -1.41. The molecule has 1 aromatic heterocycles. The van der Waals surface area contributed by atoms with Gasteiger partial charge in [0.05, 0.1) is 5.52 Å². The summed E-state index contributed by atoms with van der Waals surface area (Å²) in [5, 5.41) is 4.68. The summed E-state index contributed by atoms with van der Waals surface area (Å²) in [4.78, 5) is 4.46. The molecule has 0 aliphatic rings. The van der Waals surface area contributed by atoms with Crippen LogP contribution >= 0.6 is 0 Å². The quantitative estimate of drug-likeness (QED) is 0.794. The van der Waals surface area contributed by atoms with Crippen molar-refractivity contribution in [3.8, 4) is 0 Å². The van der Waals surface area contributed by atoms with Gasteiger partial charge in [-0.05, 0) is 36.6 Å². The van der Waals surface area contributed by atoms with Gasteiger partial charge < -0.3 is 5.32 Å². The lowest BCUT2D eigenvalue weighted by Gasteiger charge is -2.07. The molecule has 0 aliphatic heterocycles. The minimum Gasteiger partial charge on any atom is -0.313 e. The zero-order valence-electron chi connectivity index (χ0n) is 10.6. The Balaban J connectivity index is 1.95. The molecule has 0 bridgehead atoms. The highest BCUT2D eigenvalue weighted by atomic mass is 14.8. The summed E-state index contributed by atoms with van der Waals surface area (Å²) in [6.45, 7) is 6.48. The fourth-order valence-corrected chi connectivity index (χ4v) is 1.84. The van der Waals surface area contributed by atoms with Crippen LogP contribution in [0.1, 0.15) is 25.8 Å². The van der Waals surface area contributed by atoms with Crippen molar-refractivity contribution < 1.29 is 0 Å². The largest absolute Gasteiger partial charge is 0.313 e. The second-order valence-corrected chi connectivity index (χ2v) is 4.90. The lowest BCUT2D eigenvalue weighted by Crippen LogP contribution is -2.16. The Morgan fingerprint density at radius 1 is 1.24 bits per heavy atom. The van der Waals surface area contributed by atoms with Crippen LogP contribution < -0.4 is 5.32 Å². The van der Waals surface area contributed by atoms with E-state index >= 15 is 0 Å². The van der Waals surface area contributed by atoms with Gasteiger partial charge in [-0.3, -0.25) is 4.98 Å². The molecule has 0 unspecified atom stereocenters. The van der Waals surface area contributed by atoms with Crippen molar-refractivity contribution in [3.05, 3.63) is 42.1 Å². The molecule has 17 heavy (non-hydrogen) atoms. The van der Waals surface area contributed by atoms with Crippen LogP contribution in [-0.4, -0.2) is 11.5 Å². The third-order valence-corrected chi connectivity index (χ3v) is 2.87. The molecule has 1 N–H and O–H groups in total. The first-order chi connectivity index (χ1) is 8.25. The van der Waals surface area contributed by atoms with E-state index in [0.717, 1.165) is 24.5 Å². The number of hydrogen-bond acceptors (Lipinski definition) is 2. The molecular weight excluding hydrogens is 208 g/mol. The third-order valence-electron chi connectivity index (χ3n) is 2.87. The molecule has 1 aromatic carbocycles. The fourth-order valence-electron chi connectivity index (χ4n) is 1.84. The van der Waals surface area contributed by atoms with Gasteiger partial charge in [0.1, 0.15) is 0 Å². The highest BCUT2D eigenvalue weighted by molar-refractivity contribution is 5.78. The van der Waals surface area contributed by atoms with Crippen molar-refractivity contribution >= 4 is 10.9 Å². The van der Waals surface area contributed by atoms with Crippen molar-refractivity contribution in [2.24, 2.45) is 5.92 Å². The van der Waals surface area contributed by atoms with Crippen LogP contribution in [0.4, 0.5) is 0 Å². The zero-order valence-corrected chi connectivity index (χ0v) is 10.6. The predicted molar refractivity (Wildman–Crippen MR) is 72.9 cm³/mol. The number of nitrogens with one attached hydrogen (secondary N) is 1. The standard InChI is InChI=1S/C15H20N2/c1-12(2)7-8-16-10-13-9-14-5-3-4-6-15(14)17-11-13/h3-6,9,11-12,16H,7-8,10H2,1-2H3. The maximum absolute atomic E-state index is 4.46. The van der Waals surface area contributed by atoms with E-state index in [1.807, 2.05) is 18.3 Å². The molecule has 90 valence electrons. The topological polar surface area (TPSA) is 24.9 Å². The van der Waals surface area contributed by atoms with Crippen LogP contribution in [-0.2, 0) is 6.54 Å². The van der Waals surface area contributed by atoms with E-state index in [1.165, 1.54) is 17.4 Å². The van der Waals surface area contributed by atoms with Gasteiger partial charge in [-0.2, -0.15) is 0 Å². The molecule has 0 saturated carbocycles. The number of nitrogens with zero attached hydrogens (tertiary/aromatic N) is 1. The first-order valence-electron chi connectivity index (χ1n) is 6.30. The fraction of sp³-hybridized carbons (Fsp3) is 0.400. The molecule has 2 nitrogen and oxygen atoms in total. The number of fused-ring (bicyclic) bond motifs is 1. The molecule has 2 rings (SSSR count). The van der Waals surface area contributed by atoms with Gasteiger partial charge >= 0.3 is 0 Å². The van der Waals surface area contributed by atoms with E-state index in [4.69, 9.17) is 0 Å². The molecule has 0 saturated heterocycles. The monoisotopic (exact) mass is 228 g/mol. The summed E-state index contributed by atoms with van der Waals surface area (Å²) in [5.74, 6) is 0.761. The normalized spacial score (nSPS) is 11.2. The highest BCUT2D eigenvalue weighted by Gasteiger charge is 1.98. The van der Waals surface area contributed by atoms with Gasteiger partial charge in [0.15, 0.2) is 0 Å². The van der Waals surface area contributed by atoms with Gasteiger partial charge in [-0.25, -0.2) is 0 Å². The Kier molecular flexibility index (Phi) is 4.10. The minimum atomic E-state index is 0.761. The lowest BCUT2D eigenvalue weighted by molar-refractivity contribution is 0.537. The maximum Gasteiger partial charge on any atom is 0.0702 e. The first kappa shape index (κ1) is 12.1. The van der Waals surface area contributed by atoms with E-state index in [9.17, 15) is 0 Å². The molecule has 2 aromatic rings. The van der Waals surface area contributed by atoms with Crippen LogP contribution in [0.3, 0.4) is 0 Å². The van der Waals surface area contributed by atoms with E-state index in [-0.39, 0.29) is 0 Å². The molecule has 0 amide bonds. The summed E-state index contributed by atoms with van der Waals surface area (Å²) < 4.78 is 0. The van der Waals surface area contributed by atoms with Gasteiger partial charge in [-0.1, -0.05) is 32.0 Å². The number of benzene rings is 1. The molecule has 0 atom stereocenters. The summed E-state index contributed by atoms with van der Waals surface area (Å²) in [6, 6.07) is 10.5. The predicted octanol–water partition coefficient (Wildman–Crippen LogP) is 3.37. The van der Waals surface area contributed by atoms with E-state index < -0.39 is 0 Å². The molecule has 0 aliphatic carbocycles. The Morgan fingerprint density at radius 2 is 2.06 bits per heavy atom. The number of para-hydroxylation sites is 1. The third kappa shape index (κ3) is 3.53.